The summed E-state index contributed by atoms with van der Waals surface area (Å²) < 4.78 is 40.8. The van der Waals surface area contributed by atoms with Gasteiger partial charge in [0.2, 0.25) is 0 Å². The van der Waals surface area contributed by atoms with Crippen LogP contribution in [-0.2, 0) is 4.74 Å². The van der Waals surface area contributed by atoms with E-state index in [4.69, 9.17) is 21.1 Å². The summed E-state index contributed by atoms with van der Waals surface area (Å²) in [5.74, 6) is -0.747. The fourth-order valence-corrected chi connectivity index (χ4v) is 4.77. The molecule has 2 aromatic rings. The Labute approximate surface area is 225 Å². The van der Waals surface area contributed by atoms with Crippen molar-refractivity contribution in [3.05, 3.63) is 17.2 Å². The maximum Gasteiger partial charge on any atom is 0.429 e. The molecule has 0 spiro atoms. The van der Waals surface area contributed by atoms with Gasteiger partial charge in [0.15, 0.2) is 16.8 Å². The number of carbonyl (C=O) groups excluding carboxylic acids is 1. The van der Waals surface area contributed by atoms with Crippen LogP contribution in [0.15, 0.2) is 6.20 Å². The highest BCUT2D eigenvalue weighted by Crippen LogP contribution is 2.33. The molecular formula is C25H35ClF2N6O4. The largest absolute Gasteiger partial charge is 0.463 e. The molecule has 2 fully saturated rings. The van der Waals surface area contributed by atoms with Gasteiger partial charge in [-0.2, -0.15) is 9.97 Å². The summed E-state index contributed by atoms with van der Waals surface area (Å²) in [5.41, 5.74) is -0.908. The Kier molecular flexibility index (Phi) is 9.04. The molecule has 1 amide bonds. The molecule has 3 atom stereocenters. The van der Waals surface area contributed by atoms with Crippen LogP contribution in [0.1, 0.15) is 52.9 Å². The molecule has 4 heterocycles. The first-order valence-corrected chi connectivity index (χ1v) is 13.3. The first kappa shape index (κ1) is 28.4. The van der Waals surface area contributed by atoms with E-state index < -0.39 is 29.8 Å². The molecule has 38 heavy (non-hydrogen) atoms. The maximum absolute atomic E-state index is 15.1. The molecule has 2 N–H and O–H groups in total. The zero-order valence-corrected chi connectivity index (χ0v) is 22.7. The van der Waals surface area contributed by atoms with Crippen LogP contribution in [0.5, 0.6) is 6.01 Å². The van der Waals surface area contributed by atoms with Gasteiger partial charge in [-0.25, -0.2) is 23.6 Å². The Morgan fingerprint density at radius 2 is 2.08 bits per heavy atom. The zero-order valence-electron chi connectivity index (χ0n) is 21.9. The lowest BCUT2D eigenvalue weighted by Crippen LogP contribution is -2.50. The van der Waals surface area contributed by atoms with E-state index in [2.05, 4.69) is 20.3 Å². The lowest BCUT2D eigenvalue weighted by Gasteiger charge is -2.36. The predicted molar refractivity (Wildman–Crippen MR) is 138 cm³/mol. The Bertz CT molecular complexity index is 1140. The molecule has 0 aromatic carbocycles. The molecular weight excluding hydrogens is 522 g/mol. The number of hydrogen-bond acceptors (Lipinski definition) is 9. The highest BCUT2D eigenvalue weighted by Gasteiger charge is 2.34. The van der Waals surface area contributed by atoms with Crippen LogP contribution >= 0.6 is 11.6 Å². The third-order valence-corrected chi connectivity index (χ3v) is 6.66. The number of nitrogens with zero attached hydrogens (tertiary/aromatic N) is 5. The van der Waals surface area contributed by atoms with Crippen LogP contribution in [0.3, 0.4) is 0 Å². The number of hydrogen-bond donors (Lipinski definition) is 2. The van der Waals surface area contributed by atoms with Crippen molar-refractivity contribution in [1.82, 2.24) is 25.3 Å². The third kappa shape index (κ3) is 7.09. The fraction of sp³-hybridized carbons (Fsp3) is 0.680. The zero-order chi connectivity index (χ0) is 27.4. The summed E-state index contributed by atoms with van der Waals surface area (Å²) >= 11 is 5.96. The van der Waals surface area contributed by atoms with E-state index >= 15 is 4.39 Å². The van der Waals surface area contributed by atoms with Crippen LogP contribution in [0.25, 0.3) is 10.9 Å². The summed E-state index contributed by atoms with van der Waals surface area (Å²) in [4.78, 5) is 25.9. The van der Waals surface area contributed by atoms with Gasteiger partial charge in [-0.3, -0.25) is 5.01 Å². The average Bonchev–Trinajstić information content (AvgIpc) is 3.03. The van der Waals surface area contributed by atoms with Crippen molar-refractivity contribution in [3.63, 3.8) is 0 Å². The molecule has 0 saturated carbocycles. The minimum absolute atomic E-state index is 0.0475. The van der Waals surface area contributed by atoms with Gasteiger partial charge in [0.05, 0.1) is 24.6 Å². The number of ether oxygens (including phenoxy) is 2. The highest BCUT2D eigenvalue weighted by atomic mass is 35.5. The van der Waals surface area contributed by atoms with Gasteiger partial charge in [-0.1, -0.05) is 11.6 Å². The lowest BCUT2D eigenvalue weighted by molar-refractivity contribution is 0.0144. The van der Waals surface area contributed by atoms with Crippen molar-refractivity contribution in [2.75, 3.05) is 37.8 Å². The van der Waals surface area contributed by atoms with E-state index in [1.807, 2.05) is 0 Å². The standard InChI is InChI=1S/C25H35ClF2N6O4/c1-25(2,3)38-24(36)34-13-17(35)7-5-9-33(34)22-18-12-30-21(26)19(28)20(18)31-23(32-22)37-14-15-6-4-8-29-11-16(27)10-15/h12,15-17,29,35H,4-11,13-14H2,1-3H3/t15-,16-,17?/m1/s1. The molecule has 1 unspecified atom stereocenters. The molecule has 210 valence electrons. The Balaban J connectivity index is 1.71. The van der Waals surface area contributed by atoms with Crippen molar-refractivity contribution in [3.8, 4) is 6.01 Å². The summed E-state index contributed by atoms with van der Waals surface area (Å²) in [7, 11) is 0. The number of aliphatic hydroxyl groups is 1. The SMILES string of the molecule is CC(C)(C)OC(=O)N1CC(O)CCCN1c1nc(OC[C@@H]2CCCNC[C@H](F)C2)nc2c(F)c(Cl)ncc12. The molecule has 2 aromatic heterocycles. The van der Waals surface area contributed by atoms with E-state index in [9.17, 15) is 14.3 Å². The molecule has 2 saturated heterocycles. The van der Waals surface area contributed by atoms with E-state index in [1.54, 1.807) is 20.8 Å². The van der Waals surface area contributed by atoms with Crippen molar-refractivity contribution in [2.24, 2.45) is 5.92 Å². The van der Waals surface area contributed by atoms with Gasteiger partial charge < -0.3 is 19.9 Å². The van der Waals surface area contributed by atoms with Gasteiger partial charge in [0.25, 0.3) is 0 Å². The van der Waals surface area contributed by atoms with Crippen molar-refractivity contribution < 1.29 is 28.2 Å². The van der Waals surface area contributed by atoms with Gasteiger partial charge in [0, 0.05) is 19.3 Å². The molecule has 0 aliphatic carbocycles. The number of carbonyl (C=O) groups is 1. The van der Waals surface area contributed by atoms with Gasteiger partial charge in [-0.05, 0) is 65.3 Å². The first-order valence-electron chi connectivity index (χ1n) is 13.0. The normalized spacial score (nSPS) is 23.5. The molecule has 2 aliphatic heterocycles. The number of β-amino-alcohol motifs (C(OH)–C–C–N with tert-alkyl or cyclic N) is 1. The number of amides is 1. The van der Waals surface area contributed by atoms with Crippen LogP contribution in [0.2, 0.25) is 5.15 Å². The van der Waals surface area contributed by atoms with Crippen LogP contribution in [0, 0.1) is 11.7 Å². The summed E-state index contributed by atoms with van der Waals surface area (Å²) in [6, 6.07) is -0.127. The fourth-order valence-electron chi connectivity index (χ4n) is 4.64. The van der Waals surface area contributed by atoms with Crippen molar-refractivity contribution in [2.45, 2.75) is 70.8 Å². The minimum atomic E-state index is -0.995. The third-order valence-electron chi connectivity index (χ3n) is 6.40. The Hall–Kier alpha value is -2.57. The Morgan fingerprint density at radius 1 is 1.29 bits per heavy atom. The molecule has 0 bridgehead atoms. The maximum atomic E-state index is 15.1. The smallest absolute Gasteiger partial charge is 0.429 e. The van der Waals surface area contributed by atoms with Crippen LogP contribution in [0.4, 0.5) is 19.4 Å². The molecule has 0 radical (unpaired) electrons. The average molecular weight is 557 g/mol. The topological polar surface area (TPSA) is 113 Å². The van der Waals surface area contributed by atoms with Crippen molar-refractivity contribution in [1.29, 1.82) is 0 Å². The van der Waals surface area contributed by atoms with Gasteiger partial charge in [-0.15, -0.1) is 0 Å². The molecule has 10 nitrogen and oxygen atoms in total. The highest BCUT2D eigenvalue weighted by molar-refractivity contribution is 6.30. The quantitative estimate of drug-likeness (QED) is 0.539. The van der Waals surface area contributed by atoms with Crippen LogP contribution in [-0.4, -0.2) is 81.8 Å². The summed E-state index contributed by atoms with van der Waals surface area (Å²) in [5, 5.41) is 16.2. The second-order valence-corrected chi connectivity index (χ2v) is 11.2. The number of anilines is 1. The number of fused-ring (bicyclic) bond motifs is 1. The predicted octanol–water partition coefficient (Wildman–Crippen LogP) is 4.04. The second-order valence-electron chi connectivity index (χ2n) is 10.8. The summed E-state index contributed by atoms with van der Waals surface area (Å²) in [6.45, 7) is 6.63. The number of hydrazine groups is 1. The number of pyridine rings is 1. The molecule has 4 rings (SSSR count). The van der Waals surface area contributed by atoms with E-state index in [0.29, 0.717) is 25.8 Å². The monoisotopic (exact) mass is 556 g/mol. The number of halogens is 3. The van der Waals surface area contributed by atoms with E-state index in [0.717, 1.165) is 19.4 Å². The lowest BCUT2D eigenvalue weighted by atomic mass is 9.96. The minimum Gasteiger partial charge on any atom is -0.463 e. The Morgan fingerprint density at radius 3 is 2.84 bits per heavy atom. The first-order chi connectivity index (χ1) is 18.0. The van der Waals surface area contributed by atoms with Gasteiger partial charge in [0.1, 0.15) is 17.3 Å². The van der Waals surface area contributed by atoms with E-state index in [-0.39, 0.29) is 53.5 Å². The number of nitrogens with one attached hydrogen (secondary N) is 1. The van der Waals surface area contributed by atoms with Crippen LogP contribution < -0.4 is 15.1 Å². The molecule has 13 heteroatoms. The van der Waals surface area contributed by atoms with Gasteiger partial charge >= 0.3 is 12.1 Å². The summed E-state index contributed by atoms with van der Waals surface area (Å²) in [6.07, 6.45) is 1.80. The van der Waals surface area contributed by atoms with E-state index in [1.165, 1.54) is 16.2 Å². The second kappa shape index (κ2) is 12.1. The molecule has 2 aliphatic rings. The number of alkyl halides is 1. The number of aromatic nitrogens is 3. The number of rotatable bonds is 4. The number of aliphatic hydroxyl groups excluding tert-OH is 1. The van der Waals surface area contributed by atoms with Crippen molar-refractivity contribution >= 4 is 34.4 Å².